The molecule has 1 aliphatic rings. The van der Waals surface area contributed by atoms with Gasteiger partial charge in [0.15, 0.2) is 0 Å². The number of benzene rings is 2. The smallest absolute Gasteiger partial charge is 0.248 e. The van der Waals surface area contributed by atoms with Crippen molar-refractivity contribution in [3.63, 3.8) is 0 Å². The maximum Gasteiger partial charge on any atom is 0.248 e. The van der Waals surface area contributed by atoms with E-state index >= 15 is 0 Å². The minimum atomic E-state index is -3.54. The molecule has 9 heteroatoms. The Hall–Kier alpha value is -3.01. The lowest BCUT2D eigenvalue weighted by molar-refractivity contribution is -0.114. The molecule has 2 aromatic rings. The largest absolute Gasteiger partial charge is 0.379 e. The molecule has 2 amide bonds. The number of hydrogen-bond acceptors (Lipinski definition) is 5. The van der Waals surface area contributed by atoms with E-state index in [1.807, 2.05) is 0 Å². The lowest BCUT2D eigenvalue weighted by atomic mass is 10.2. The minimum absolute atomic E-state index is 0.197. The first-order chi connectivity index (χ1) is 14.3. The molecule has 1 fully saturated rings. The van der Waals surface area contributed by atoms with E-state index in [2.05, 4.69) is 10.6 Å². The third kappa shape index (κ3) is 5.76. The number of carbonyl (C=O) groups is 2. The van der Waals surface area contributed by atoms with Crippen LogP contribution >= 0.6 is 0 Å². The summed E-state index contributed by atoms with van der Waals surface area (Å²) in [6.07, 6.45) is 2.95. The van der Waals surface area contributed by atoms with E-state index in [1.165, 1.54) is 29.4 Å². The van der Waals surface area contributed by atoms with Gasteiger partial charge in [-0.15, -0.1) is 0 Å². The van der Waals surface area contributed by atoms with Crippen molar-refractivity contribution in [1.29, 1.82) is 0 Å². The van der Waals surface area contributed by atoms with Gasteiger partial charge in [0.1, 0.15) is 0 Å². The zero-order chi connectivity index (χ0) is 21.6. The van der Waals surface area contributed by atoms with E-state index < -0.39 is 10.0 Å². The third-order valence-corrected chi connectivity index (χ3v) is 6.28. The average Bonchev–Trinajstić information content (AvgIpc) is 2.73. The lowest BCUT2D eigenvalue weighted by Gasteiger charge is -2.26. The molecule has 0 atom stereocenters. The number of ether oxygens (including phenoxy) is 1. The molecule has 0 spiro atoms. The van der Waals surface area contributed by atoms with Gasteiger partial charge in [-0.05, 0) is 42.0 Å². The molecule has 2 aromatic carbocycles. The Labute approximate surface area is 175 Å². The number of sulfonamides is 1. The summed E-state index contributed by atoms with van der Waals surface area (Å²) < 4.78 is 31.9. The average molecular weight is 429 g/mol. The van der Waals surface area contributed by atoms with Crippen molar-refractivity contribution in [2.45, 2.75) is 11.8 Å². The molecule has 8 nitrogen and oxygen atoms in total. The highest BCUT2D eigenvalue weighted by molar-refractivity contribution is 7.89. The van der Waals surface area contributed by atoms with E-state index in [0.29, 0.717) is 43.2 Å². The molecule has 0 aromatic heterocycles. The van der Waals surface area contributed by atoms with E-state index in [0.717, 1.165) is 0 Å². The van der Waals surface area contributed by atoms with Gasteiger partial charge in [0.2, 0.25) is 21.8 Å². The first kappa shape index (κ1) is 21.7. The van der Waals surface area contributed by atoms with Crippen LogP contribution in [0.2, 0.25) is 0 Å². The molecular weight excluding hydrogens is 406 g/mol. The van der Waals surface area contributed by atoms with Gasteiger partial charge < -0.3 is 15.4 Å². The Morgan fingerprint density at radius 3 is 2.27 bits per heavy atom. The van der Waals surface area contributed by atoms with Crippen LogP contribution in [-0.2, 0) is 24.3 Å². The number of nitrogens with one attached hydrogen (secondary N) is 2. The number of carbonyl (C=O) groups excluding carboxylic acids is 2. The first-order valence-corrected chi connectivity index (χ1v) is 10.8. The molecule has 0 unspecified atom stereocenters. The summed E-state index contributed by atoms with van der Waals surface area (Å²) in [6, 6.07) is 13.2. The summed E-state index contributed by atoms with van der Waals surface area (Å²) in [6.45, 7) is 2.87. The molecule has 2 N–H and O–H groups in total. The SMILES string of the molecule is CC(=O)Nc1cccc(NC(=O)C=Cc2ccc(S(=O)(=O)N3CCOCC3)cc2)c1. The zero-order valence-electron chi connectivity index (χ0n) is 16.5. The molecule has 0 saturated carbocycles. The van der Waals surface area contributed by atoms with Gasteiger partial charge in [-0.2, -0.15) is 4.31 Å². The molecule has 1 heterocycles. The van der Waals surface area contributed by atoms with Crippen molar-refractivity contribution < 1.29 is 22.7 Å². The molecular formula is C21H23N3O5S. The monoisotopic (exact) mass is 429 g/mol. The summed E-state index contributed by atoms with van der Waals surface area (Å²) in [5, 5.41) is 5.36. The quantitative estimate of drug-likeness (QED) is 0.686. The first-order valence-electron chi connectivity index (χ1n) is 9.39. The van der Waals surface area contributed by atoms with Gasteiger partial charge in [-0.25, -0.2) is 8.42 Å². The number of amides is 2. The standard InChI is InChI=1S/C21H23N3O5S/c1-16(25)22-18-3-2-4-19(15-18)23-21(26)10-7-17-5-8-20(9-6-17)30(27,28)24-11-13-29-14-12-24/h2-10,15H,11-14H2,1H3,(H,22,25)(H,23,26). The normalized spacial score (nSPS) is 15.1. The molecule has 1 aliphatic heterocycles. The van der Waals surface area contributed by atoms with Gasteiger partial charge in [-0.1, -0.05) is 18.2 Å². The van der Waals surface area contributed by atoms with Crippen molar-refractivity contribution >= 4 is 39.3 Å². The maximum absolute atomic E-state index is 12.6. The topological polar surface area (TPSA) is 105 Å². The Morgan fingerprint density at radius 2 is 1.63 bits per heavy atom. The molecule has 3 rings (SSSR count). The fraction of sp³-hybridized carbons (Fsp3) is 0.238. The van der Waals surface area contributed by atoms with Crippen molar-refractivity contribution in [1.82, 2.24) is 4.31 Å². The molecule has 0 bridgehead atoms. The van der Waals surface area contributed by atoms with Crippen molar-refractivity contribution in [3.05, 3.63) is 60.2 Å². The van der Waals surface area contributed by atoms with Gasteiger partial charge >= 0.3 is 0 Å². The second-order valence-corrected chi connectivity index (χ2v) is 8.61. The highest BCUT2D eigenvalue weighted by atomic mass is 32.2. The second kappa shape index (κ2) is 9.66. The van der Waals surface area contributed by atoms with Crippen LogP contribution in [0.15, 0.2) is 59.5 Å². The Morgan fingerprint density at radius 1 is 1.00 bits per heavy atom. The zero-order valence-corrected chi connectivity index (χ0v) is 17.3. The molecule has 30 heavy (non-hydrogen) atoms. The van der Waals surface area contributed by atoms with Crippen molar-refractivity contribution in [2.24, 2.45) is 0 Å². The van der Waals surface area contributed by atoms with Gasteiger partial charge in [0.05, 0.1) is 18.1 Å². The van der Waals surface area contributed by atoms with Crippen molar-refractivity contribution in [2.75, 3.05) is 36.9 Å². The van der Waals surface area contributed by atoms with Crippen LogP contribution in [0.1, 0.15) is 12.5 Å². The lowest BCUT2D eigenvalue weighted by Crippen LogP contribution is -2.40. The Bertz CT molecular complexity index is 1040. The van der Waals surface area contributed by atoms with Gasteiger partial charge in [0, 0.05) is 37.5 Å². The maximum atomic E-state index is 12.6. The van der Waals surface area contributed by atoms with Crippen LogP contribution in [0, 0.1) is 0 Å². The highest BCUT2D eigenvalue weighted by Gasteiger charge is 2.25. The van der Waals surface area contributed by atoms with Gasteiger partial charge in [0.25, 0.3) is 0 Å². The molecule has 158 valence electrons. The van der Waals surface area contributed by atoms with E-state index in [-0.39, 0.29) is 16.7 Å². The number of rotatable bonds is 6. The van der Waals surface area contributed by atoms with Crippen LogP contribution in [0.3, 0.4) is 0 Å². The molecule has 0 aliphatic carbocycles. The van der Waals surface area contributed by atoms with Crippen LogP contribution < -0.4 is 10.6 Å². The van der Waals surface area contributed by atoms with Crippen LogP contribution in [0.25, 0.3) is 6.08 Å². The minimum Gasteiger partial charge on any atom is -0.379 e. The second-order valence-electron chi connectivity index (χ2n) is 6.67. The third-order valence-electron chi connectivity index (χ3n) is 4.37. The summed E-state index contributed by atoms with van der Waals surface area (Å²) >= 11 is 0. The van der Waals surface area contributed by atoms with Crippen molar-refractivity contribution in [3.8, 4) is 0 Å². The summed E-state index contributed by atoms with van der Waals surface area (Å²) in [5.41, 5.74) is 1.82. The summed E-state index contributed by atoms with van der Waals surface area (Å²) in [4.78, 5) is 23.5. The van der Waals surface area contributed by atoms with Gasteiger partial charge in [-0.3, -0.25) is 9.59 Å². The summed E-state index contributed by atoms with van der Waals surface area (Å²) in [5.74, 6) is -0.544. The van der Waals surface area contributed by atoms with E-state index in [4.69, 9.17) is 4.74 Å². The molecule has 1 saturated heterocycles. The van der Waals surface area contributed by atoms with E-state index in [1.54, 1.807) is 42.5 Å². The number of hydrogen-bond donors (Lipinski definition) is 2. The highest BCUT2D eigenvalue weighted by Crippen LogP contribution is 2.18. The number of morpholine rings is 1. The van der Waals surface area contributed by atoms with Crippen LogP contribution in [-0.4, -0.2) is 50.8 Å². The number of anilines is 2. The Balaban J connectivity index is 1.62. The van der Waals surface area contributed by atoms with Crippen LogP contribution in [0.4, 0.5) is 11.4 Å². The predicted octanol–water partition coefficient (Wildman–Crippen LogP) is 2.32. The van der Waals surface area contributed by atoms with Crippen LogP contribution in [0.5, 0.6) is 0 Å². The Kier molecular flexibility index (Phi) is 6.99. The van der Waals surface area contributed by atoms with E-state index in [9.17, 15) is 18.0 Å². The fourth-order valence-electron chi connectivity index (χ4n) is 2.92. The molecule has 0 radical (unpaired) electrons. The summed E-state index contributed by atoms with van der Waals surface area (Å²) in [7, 11) is -3.54. The number of nitrogens with zero attached hydrogens (tertiary/aromatic N) is 1. The fourth-order valence-corrected chi connectivity index (χ4v) is 4.33. The predicted molar refractivity (Wildman–Crippen MR) is 114 cm³/mol.